The van der Waals surface area contributed by atoms with Gasteiger partial charge in [-0.3, -0.25) is 4.79 Å². The normalized spacial score (nSPS) is 10.5. The molecule has 0 aliphatic heterocycles. The summed E-state index contributed by atoms with van der Waals surface area (Å²) in [4.78, 5) is 11.4. The molecule has 0 aromatic heterocycles. The van der Waals surface area contributed by atoms with Gasteiger partial charge in [0.15, 0.2) is 6.61 Å². The molecule has 0 saturated carbocycles. The van der Waals surface area contributed by atoms with Crippen molar-refractivity contribution >= 4 is 5.91 Å². The maximum atomic E-state index is 11.4. The molecular weight excluding hydrogens is 234 g/mol. The number of nitrogens with one attached hydrogen (secondary N) is 1. The van der Waals surface area contributed by atoms with E-state index in [0.29, 0.717) is 5.75 Å². The Labute approximate surface area is 106 Å². The Balaban J connectivity index is 2.44. The van der Waals surface area contributed by atoms with Crippen LogP contribution in [0, 0.1) is 13.8 Å². The smallest absolute Gasteiger partial charge is 0.258 e. The monoisotopic (exact) mass is 253 g/mol. The molecule has 100 valence electrons. The summed E-state index contributed by atoms with van der Waals surface area (Å²) in [6.45, 7) is 3.23. The van der Waals surface area contributed by atoms with E-state index in [4.69, 9.17) is 14.9 Å². The van der Waals surface area contributed by atoms with Crippen LogP contribution in [-0.2, 0) is 4.79 Å². The molecule has 0 aliphatic rings. The molecule has 0 bridgehead atoms. The summed E-state index contributed by atoms with van der Waals surface area (Å²) in [6.07, 6.45) is 0. The summed E-state index contributed by atoms with van der Waals surface area (Å²) in [5.74, 6) is 0.249. The van der Waals surface area contributed by atoms with Gasteiger partial charge in [0.25, 0.3) is 5.91 Å². The fraction of sp³-hybridized carbons (Fsp3) is 0.462. The Morgan fingerprint density at radius 3 is 2.50 bits per heavy atom. The van der Waals surface area contributed by atoms with E-state index >= 15 is 0 Å². The van der Waals surface area contributed by atoms with Crippen molar-refractivity contribution in [3.63, 3.8) is 0 Å². The highest BCUT2D eigenvalue weighted by Crippen LogP contribution is 2.16. The molecule has 0 aliphatic carbocycles. The first-order valence-corrected chi connectivity index (χ1v) is 5.78. The van der Waals surface area contributed by atoms with Crippen LogP contribution in [0.2, 0.25) is 0 Å². The molecule has 0 heterocycles. The van der Waals surface area contributed by atoms with Crippen LogP contribution in [-0.4, -0.2) is 42.0 Å². The number of carbonyl (C=O) groups excluding carboxylic acids is 1. The highest BCUT2D eigenvalue weighted by atomic mass is 16.5. The van der Waals surface area contributed by atoms with E-state index in [1.807, 2.05) is 26.0 Å². The van der Waals surface area contributed by atoms with Crippen LogP contribution in [0.5, 0.6) is 5.75 Å². The molecule has 5 nitrogen and oxygen atoms in total. The first-order chi connectivity index (χ1) is 8.56. The molecule has 3 N–H and O–H groups in total. The molecule has 0 saturated heterocycles. The van der Waals surface area contributed by atoms with Gasteiger partial charge in [-0.1, -0.05) is 6.07 Å². The van der Waals surface area contributed by atoms with E-state index in [1.165, 1.54) is 0 Å². The highest BCUT2D eigenvalue weighted by molar-refractivity contribution is 5.77. The average Bonchev–Trinajstić information content (AvgIpc) is 2.37. The predicted octanol–water partition coefficient (Wildman–Crippen LogP) is 0.152. The van der Waals surface area contributed by atoms with Crippen LogP contribution in [0.25, 0.3) is 0 Å². The molecule has 1 aromatic rings. The summed E-state index contributed by atoms with van der Waals surface area (Å²) in [5, 5.41) is 20.1. The van der Waals surface area contributed by atoms with Crippen molar-refractivity contribution in [2.45, 2.75) is 19.9 Å². The van der Waals surface area contributed by atoms with Crippen LogP contribution >= 0.6 is 0 Å². The van der Waals surface area contributed by atoms with Crippen molar-refractivity contribution in [1.29, 1.82) is 0 Å². The lowest BCUT2D eigenvalue weighted by Crippen LogP contribution is -2.42. The van der Waals surface area contributed by atoms with Crippen LogP contribution in [0.15, 0.2) is 18.2 Å². The number of benzene rings is 1. The molecule has 0 radical (unpaired) electrons. The van der Waals surface area contributed by atoms with Crippen LogP contribution in [0.4, 0.5) is 0 Å². The van der Waals surface area contributed by atoms with Crippen molar-refractivity contribution in [3.8, 4) is 5.75 Å². The van der Waals surface area contributed by atoms with Crippen LogP contribution in [0.3, 0.4) is 0 Å². The zero-order valence-corrected chi connectivity index (χ0v) is 10.6. The lowest BCUT2D eigenvalue weighted by atomic mass is 10.1. The Bertz CT molecular complexity index is 402. The van der Waals surface area contributed by atoms with Gasteiger partial charge in [-0.15, -0.1) is 0 Å². The van der Waals surface area contributed by atoms with E-state index in [0.717, 1.165) is 11.1 Å². The molecule has 1 aromatic carbocycles. The second kappa shape index (κ2) is 6.98. The molecule has 0 spiro atoms. The third-order valence-electron chi connectivity index (χ3n) is 2.65. The third kappa shape index (κ3) is 4.35. The molecule has 1 rings (SSSR count). The SMILES string of the molecule is Cc1ccc(OCC(=O)NC(CO)CO)cc1C. The minimum absolute atomic E-state index is 0.140. The fourth-order valence-electron chi connectivity index (χ4n) is 1.37. The molecule has 18 heavy (non-hydrogen) atoms. The second-order valence-electron chi connectivity index (χ2n) is 4.16. The zero-order valence-electron chi connectivity index (χ0n) is 10.6. The largest absolute Gasteiger partial charge is 0.484 e. The van der Waals surface area contributed by atoms with Gasteiger partial charge in [-0.2, -0.15) is 0 Å². The van der Waals surface area contributed by atoms with E-state index in [1.54, 1.807) is 6.07 Å². The minimum atomic E-state index is -0.638. The second-order valence-corrected chi connectivity index (χ2v) is 4.16. The van der Waals surface area contributed by atoms with Crippen LogP contribution < -0.4 is 10.1 Å². The number of hydrogen-bond acceptors (Lipinski definition) is 4. The van der Waals surface area contributed by atoms with Crippen molar-refractivity contribution in [2.75, 3.05) is 19.8 Å². The summed E-state index contributed by atoms with van der Waals surface area (Å²) in [6, 6.07) is 4.94. The number of aryl methyl sites for hydroxylation is 2. The van der Waals surface area contributed by atoms with E-state index in [9.17, 15) is 4.79 Å². The zero-order chi connectivity index (χ0) is 13.5. The standard InChI is InChI=1S/C13H19NO4/c1-9-3-4-12(5-10(9)2)18-8-13(17)14-11(6-15)7-16/h3-5,11,15-16H,6-8H2,1-2H3,(H,14,17). The Morgan fingerprint density at radius 1 is 1.28 bits per heavy atom. The molecule has 5 heteroatoms. The summed E-state index contributed by atoms with van der Waals surface area (Å²) in [7, 11) is 0. The first-order valence-electron chi connectivity index (χ1n) is 5.78. The Kier molecular flexibility index (Phi) is 5.61. The van der Waals surface area contributed by atoms with Gasteiger partial charge in [0.1, 0.15) is 5.75 Å². The number of carbonyl (C=O) groups is 1. The number of ether oxygens (including phenoxy) is 1. The van der Waals surface area contributed by atoms with Crippen molar-refractivity contribution in [1.82, 2.24) is 5.32 Å². The van der Waals surface area contributed by atoms with E-state index in [2.05, 4.69) is 5.32 Å². The van der Waals surface area contributed by atoms with E-state index in [-0.39, 0.29) is 25.7 Å². The fourth-order valence-corrected chi connectivity index (χ4v) is 1.37. The van der Waals surface area contributed by atoms with E-state index < -0.39 is 6.04 Å². The van der Waals surface area contributed by atoms with Crippen molar-refractivity contribution < 1.29 is 19.7 Å². The van der Waals surface area contributed by atoms with Gasteiger partial charge in [0, 0.05) is 0 Å². The van der Waals surface area contributed by atoms with Crippen LogP contribution in [0.1, 0.15) is 11.1 Å². The van der Waals surface area contributed by atoms with Crippen molar-refractivity contribution in [3.05, 3.63) is 29.3 Å². The number of rotatable bonds is 6. The highest BCUT2D eigenvalue weighted by Gasteiger charge is 2.10. The summed E-state index contributed by atoms with van der Waals surface area (Å²) < 4.78 is 5.32. The molecule has 0 unspecified atom stereocenters. The van der Waals surface area contributed by atoms with Gasteiger partial charge >= 0.3 is 0 Å². The summed E-state index contributed by atoms with van der Waals surface area (Å²) in [5.41, 5.74) is 2.25. The molecule has 0 fully saturated rings. The maximum absolute atomic E-state index is 11.4. The van der Waals surface area contributed by atoms with Crippen molar-refractivity contribution in [2.24, 2.45) is 0 Å². The average molecular weight is 253 g/mol. The Morgan fingerprint density at radius 2 is 1.94 bits per heavy atom. The van der Waals surface area contributed by atoms with Gasteiger partial charge in [0.2, 0.25) is 0 Å². The predicted molar refractivity (Wildman–Crippen MR) is 67.5 cm³/mol. The van der Waals surface area contributed by atoms with Gasteiger partial charge in [0.05, 0.1) is 19.3 Å². The van der Waals surface area contributed by atoms with Gasteiger partial charge < -0.3 is 20.3 Å². The number of hydrogen-bond donors (Lipinski definition) is 3. The third-order valence-corrected chi connectivity index (χ3v) is 2.65. The number of aliphatic hydroxyl groups is 2. The minimum Gasteiger partial charge on any atom is -0.484 e. The molecule has 0 atom stereocenters. The lowest BCUT2D eigenvalue weighted by molar-refractivity contribution is -0.124. The summed E-state index contributed by atoms with van der Waals surface area (Å²) >= 11 is 0. The molecule has 1 amide bonds. The quantitative estimate of drug-likeness (QED) is 0.674. The topological polar surface area (TPSA) is 78.8 Å². The number of aliphatic hydroxyl groups excluding tert-OH is 2. The van der Waals surface area contributed by atoms with Gasteiger partial charge in [-0.25, -0.2) is 0 Å². The van der Waals surface area contributed by atoms with Gasteiger partial charge in [-0.05, 0) is 37.1 Å². The first kappa shape index (κ1) is 14.5. The number of amides is 1. The Hall–Kier alpha value is -1.59. The maximum Gasteiger partial charge on any atom is 0.258 e. The molecular formula is C13H19NO4. The lowest BCUT2D eigenvalue weighted by Gasteiger charge is -2.14.